The highest BCUT2D eigenvalue weighted by Gasteiger charge is 2.19. The summed E-state index contributed by atoms with van der Waals surface area (Å²) in [5.41, 5.74) is 0. The Bertz CT molecular complexity index is 1170. The molecule has 0 unspecified atom stereocenters. The van der Waals surface area contributed by atoms with Crippen LogP contribution in [0.15, 0.2) is 48.6 Å². The Morgan fingerprint density at radius 3 is 0.881 bits per heavy atom. The second kappa shape index (κ2) is 56.0. The molecule has 0 saturated carbocycles. The predicted molar refractivity (Wildman–Crippen MR) is 289 cm³/mol. The van der Waals surface area contributed by atoms with Crippen molar-refractivity contribution in [3.05, 3.63) is 48.6 Å². The van der Waals surface area contributed by atoms with Crippen LogP contribution in [0.5, 0.6) is 0 Å². The van der Waals surface area contributed by atoms with Crippen molar-refractivity contribution in [2.24, 2.45) is 0 Å². The van der Waals surface area contributed by atoms with E-state index in [-0.39, 0.29) is 31.1 Å². The van der Waals surface area contributed by atoms with Crippen LogP contribution in [0, 0.1) is 0 Å². The van der Waals surface area contributed by atoms with Gasteiger partial charge in [-0.3, -0.25) is 14.4 Å². The third kappa shape index (κ3) is 54.2. The number of hydrogen-bond acceptors (Lipinski definition) is 6. The minimum atomic E-state index is -0.783. The van der Waals surface area contributed by atoms with E-state index in [0.717, 1.165) is 89.9 Å². The monoisotopic (exact) mass is 939 g/mol. The third-order valence-electron chi connectivity index (χ3n) is 12.8. The van der Waals surface area contributed by atoms with Gasteiger partial charge in [-0.15, -0.1) is 0 Å². The van der Waals surface area contributed by atoms with Gasteiger partial charge in [0, 0.05) is 19.3 Å². The lowest BCUT2D eigenvalue weighted by Crippen LogP contribution is -2.30. The highest BCUT2D eigenvalue weighted by Crippen LogP contribution is 2.16. The van der Waals surface area contributed by atoms with E-state index in [1.54, 1.807) is 0 Å². The molecule has 0 aliphatic heterocycles. The molecule has 1 atom stereocenters. The Labute approximate surface area is 416 Å². The molecule has 0 N–H and O–H groups in total. The van der Waals surface area contributed by atoms with Crippen molar-refractivity contribution in [3.8, 4) is 0 Å². The minimum Gasteiger partial charge on any atom is -0.462 e. The van der Waals surface area contributed by atoms with Crippen LogP contribution in [0.4, 0.5) is 0 Å². The van der Waals surface area contributed by atoms with E-state index >= 15 is 0 Å². The second-order valence-electron chi connectivity index (χ2n) is 19.6. The number of ether oxygens (including phenoxy) is 3. The maximum atomic E-state index is 12.9. The SMILES string of the molecule is CCCCC/C=C\C/C=C\C/C=C\CCCCCCC(=O)OC[C@@H](COC(=O)CCCCCCC/C=C\CCCCCCCC)OC(=O)CCCCCCCCCCCCCCCCCCC. The molecule has 67 heavy (non-hydrogen) atoms. The van der Waals surface area contributed by atoms with Gasteiger partial charge in [-0.25, -0.2) is 0 Å². The first-order chi connectivity index (χ1) is 33.0. The molecule has 0 aromatic heterocycles. The van der Waals surface area contributed by atoms with Gasteiger partial charge < -0.3 is 14.2 Å². The van der Waals surface area contributed by atoms with E-state index in [2.05, 4.69) is 69.4 Å². The number of rotatable bonds is 53. The van der Waals surface area contributed by atoms with Crippen molar-refractivity contribution < 1.29 is 28.6 Å². The Kier molecular flexibility index (Phi) is 53.8. The maximum Gasteiger partial charge on any atom is 0.306 e. The van der Waals surface area contributed by atoms with Gasteiger partial charge in [0.1, 0.15) is 13.2 Å². The zero-order valence-electron chi connectivity index (χ0n) is 44.7. The van der Waals surface area contributed by atoms with Gasteiger partial charge in [0.15, 0.2) is 6.10 Å². The Morgan fingerprint density at radius 2 is 0.537 bits per heavy atom. The first-order valence-electron chi connectivity index (χ1n) is 29.1. The third-order valence-corrected chi connectivity index (χ3v) is 12.8. The fourth-order valence-corrected chi connectivity index (χ4v) is 8.39. The van der Waals surface area contributed by atoms with Crippen LogP contribution in [0.25, 0.3) is 0 Å². The number of esters is 3. The van der Waals surface area contributed by atoms with Crippen LogP contribution in [0.2, 0.25) is 0 Å². The van der Waals surface area contributed by atoms with E-state index in [1.807, 2.05) is 0 Å². The summed E-state index contributed by atoms with van der Waals surface area (Å²) in [4.78, 5) is 38.2. The first kappa shape index (κ1) is 64.4. The van der Waals surface area contributed by atoms with Gasteiger partial charge in [0.25, 0.3) is 0 Å². The Balaban J connectivity index is 4.40. The first-order valence-corrected chi connectivity index (χ1v) is 29.1. The second-order valence-corrected chi connectivity index (χ2v) is 19.6. The summed E-state index contributed by atoms with van der Waals surface area (Å²) in [6.45, 7) is 6.62. The Morgan fingerprint density at radius 1 is 0.299 bits per heavy atom. The van der Waals surface area contributed by atoms with E-state index in [9.17, 15) is 14.4 Å². The van der Waals surface area contributed by atoms with Gasteiger partial charge in [0.2, 0.25) is 0 Å². The van der Waals surface area contributed by atoms with E-state index in [4.69, 9.17) is 14.2 Å². The molecule has 0 heterocycles. The van der Waals surface area contributed by atoms with Gasteiger partial charge in [0.05, 0.1) is 0 Å². The van der Waals surface area contributed by atoms with Crippen LogP contribution < -0.4 is 0 Å². The van der Waals surface area contributed by atoms with E-state index < -0.39 is 6.10 Å². The fourth-order valence-electron chi connectivity index (χ4n) is 8.39. The van der Waals surface area contributed by atoms with E-state index in [0.29, 0.717) is 19.3 Å². The number of unbranched alkanes of at least 4 members (excludes halogenated alkanes) is 34. The van der Waals surface area contributed by atoms with Crippen molar-refractivity contribution in [1.82, 2.24) is 0 Å². The zero-order chi connectivity index (χ0) is 48.6. The Hall–Kier alpha value is -2.63. The molecule has 0 fully saturated rings. The van der Waals surface area contributed by atoms with Crippen LogP contribution in [0.3, 0.4) is 0 Å². The molecule has 0 amide bonds. The number of hydrogen-bond donors (Lipinski definition) is 0. The maximum absolute atomic E-state index is 12.9. The molecule has 0 spiro atoms. The highest BCUT2D eigenvalue weighted by atomic mass is 16.6. The molecular weight excluding hydrogens is 829 g/mol. The summed E-state index contributed by atoms with van der Waals surface area (Å²) in [6, 6.07) is 0. The standard InChI is InChI=1S/C61H110O6/c1-4-7-10-13-16-19-22-25-28-30-33-36-39-42-45-48-51-54-60(63)66-57-58(56-65-59(62)53-50-47-44-41-38-35-32-27-24-21-18-15-12-9-6-3)67-61(64)55-52-49-46-43-40-37-34-31-29-26-23-20-17-14-11-8-5-2/h16,19,25,27-28,32-33,36,58H,4-15,17-18,20-24,26,29-31,34-35,37-57H2,1-3H3/b19-16-,28-25-,32-27-,36-33-/t58-/m1/s1. The molecule has 0 aromatic carbocycles. The summed E-state index contributed by atoms with van der Waals surface area (Å²) in [5.74, 6) is -0.896. The predicted octanol–water partition coefficient (Wildman–Crippen LogP) is 19.4. The zero-order valence-corrected chi connectivity index (χ0v) is 44.7. The summed E-state index contributed by atoms with van der Waals surface area (Å²) in [6.07, 6.45) is 68.1. The quantitative estimate of drug-likeness (QED) is 0.0262. The lowest BCUT2D eigenvalue weighted by atomic mass is 10.0. The van der Waals surface area contributed by atoms with Gasteiger partial charge >= 0.3 is 17.9 Å². The summed E-state index contributed by atoms with van der Waals surface area (Å²) >= 11 is 0. The average Bonchev–Trinajstić information content (AvgIpc) is 3.33. The van der Waals surface area contributed by atoms with Gasteiger partial charge in [-0.2, -0.15) is 0 Å². The van der Waals surface area contributed by atoms with E-state index in [1.165, 1.54) is 173 Å². The summed E-state index contributed by atoms with van der Waals surface area (Å²) in [7, 11) is 0. The smallest absolute Gasteiger partial charge is 0.306 e. The molecule has 0 aliphatic rings. The molecule has 6 nitrogen and oxygen atoms in total. The van der Waals surface area contributed by atoms with Crippen molar-refractivity contribution in [2.75, 3.05) is 13.2 Å². The fraction of sp³-hybridized carbons (Fsp3) is 0.820. The van der Waals surface area contributed by atoms with Crippen molar-refractivity contribution in [1.29, 1.82) is 0 Å². The molecule has 0 rings (SSSR count). The van der Waals surface area contributed by atoms with Crippen LogP contribution in [-0.2, 0) is 28.6 Å². The number of carbonyl (C=O) groups is 3. The lowest BCUT2D eigenvalue weighted by Gasteiger charge is -2.18. The van der Waals surface area contributed by atoms with Gasteiger partial charge in [-0.1, -0.05) is 249 Å². The molecular formula is C61H110O6. The molecule has 0 aromatic rings. The van der Waals surface area contributed by atoms with Crippen molar-refractivity contribution >= 4 is 17.9 Å². The van der Waals surface area contributed by atoms with Gasteiger partial charge in [-0.05, 0) is 83.5 Å². The minimum absolute atomic E-state index is 0.0819. The number of allylic oxidation sites excluding steroid dienone is 8. The summed E-state index contributed by atoms with van der Waals surface area (Å²) < 4.78 is 16.9. The van der Waals surface area contributed by atoms with Crippen molar-refractivity contribution in [3.63, 3.8) is 0 Å². The van der Waals surface area contributed by atoms with Crippen molar-refractivity contribution in [2.45, 2.75) is 309 Å². The molecule has 390 valence electrons. The average molecular weight is 940 g/mol. The summed E-state index contributed by atoms with van der Waals surface area (Å²) in [5, 5.41) is 0. The van der Waals surface area contributed by atoms with Crippen LogP contribution in [-0.4, -0.2) is 37.2 Å². The molecule has 0 bridgehead atoms. The molecule has 6 heteroatoms. The normalized spacial score (nSPS) is 12.3. The molecule has 0 aliphatic carbocycles. The van der Waals surface area contributed by atoms with Crippen LogP contribution >= 0.6 is 0 Å². The molecule has 0 radical (unpaired) electrons. The number of carbonyl (C=O) groups excluding carboxylic acids is 3. The topological polar surface area (TPSA) is 78.9 Å². The largest absolute Gasteiger partial charge is 0.462 e. The highest BCUT2D eigenvalue weighted by molar-refractivity contribution is 5.71. The lowest BCUT2D eigenvalue weighted by molar-refractivity contribution is -0.167. The van der Waals surface area contributed by atoms with Crippen LogP contribution in [0.1, 0.15) is 303 Å². The molecule has 0 saturated heterocycles.